The predicted molar refractivity (Wildman–Crippen MR) is 100 cm³/mol. The maximum atomic E-state index is 13.0. The van der Waals surface area contributed by atoms with E-state index in [4.69, 9.17) is 10.5 Å². The Balaban J connectivity index is 1.83. The molecule has 134 valence electrons. The molecule has 1 aromatic carbocycles. The molecule has 3 aromatic rings. The van der Waals surface area contributed by atoms with Crippen LogP contribution in [0.4, 0.5) is 5.95 Å². The molecule has 1 aliphatic heterocycles. The highest BCUT2D eigenvalue weighted by Gasteiger charge is 2.27. The molecule has 0 unspecified atom stereocenters. The van der Waals surface area contributed by atoms with Gasteiger partial charge in [0.05, 0.1) is 7.11 Å². The van der Waals surface area contributed by atoms with Gasteiger partial charge in [0.25, 0.3) is 5.91 Å². The fraction of sp³-hybridized carbons (Fsp3) is 0.316. The molecule has 0 spiro atoms. The van der Waals surface area contributed by atoms with Crippen molar-refractivity contribution in [1.29, 1.82) is 0 Å². The minimum Gasteiger partial charge on any atom is -0.494 e. The van der Waals surface area contributed by atoms with Gasteiger partial charge in [0.1, 0.15) is 22.6 Å². The third-order valence-electron chi connectivity index (χ3n) is 4.78. The van der Waals surface area contributed by atoms with E-state index in [0.29, 0.717) is 22.6 Å². The Hall–Kier alpha value is -3.09. The van der Waals surface area contributed by atoms with Crippen molar-refractivity contribution in [2.24, 2.45) is 0 Å². The van der Waals surface area contributed by atoms with E-state index in [0.717, 1.165) is 24.6 Å². The number of fused-ring (bicyclic) bond motifs is 3. The minimum absolute atomic E-state index is 0.114. The molecule has 26 heavy (non-hydrogen) atoms. The number of rotatable bonds is 4. The van der Waals surface area contributed by atoms with Crippen molar-refractivity contribution in [3.8, 4) is 5.75 Å². The number of anilines is 1. The third kappa shape index (κ3) is 2.47. The molecule has 1 atom stereocenters. The molecule has 4 rings (SSSR count). The molecule has 0 saturated carbocycles. The van der Waals surface area contributed by atoms with Crippen molar-refractivity contribution in [3.05, 3.63) is 42.4 Å². The summed E-state index contributed by atoms with van der Waals surface area (Å²) in [6, 6.07) is 5.79. The molecule has 0 saturated heterocycles. The maximum absolute atomic E-state index is 13.0. The summed E-state index contributed by atoms with van der Waals surface area (Å²) in [4.78, 5) is 23.8. The number of hydrogen-bond acceptors (Lipinski definition) is 5. The molecule has 2 N–H and O–H groups in total. The summed E-state index contributed by atoms with van der Waals surface area (Å²) in [6.07, 6.45) is 8.43. The van der Waals surface area contributed by atoms with Crippen LogP contribution in [0, 0.1) is 0 Å². The second-order valence-corrected chi connectivity index (χ2v) is 6.42. The van der Waals surface area contributed by atoms with E-state index in [-0.39, 0.29) is 17.9 Å². The number of para-hydroxylation sites is 1. The van der Waals surface area contributed by atoms with E-state index in [9.17, 15) is 4.79 Å². The van der Waals surface area contributed by atoms with Crippen molar-refractivity contribution < 1.29 is 9.53 Å². The van der Waals surface area contributed by atoms with E-state index in [2.05, 4.69) is 16.9 Å². The topological polar surface area (TPSA) is 85.8 Å². The smallest absolute Gasteiger partial charge is 0.278 e. The van der Waals surface area contributed by atoms with Crippen LogP contribution in [0.1, 0.15) is 36.7 Å². The van der Waals surface area contributed by atoms with Crippen molar-refractivity contribution in [3.63, 3.8) is 0 Å². The van der Waals surface area contributed by atoms with Crippen LogP contribution in [0.2, 0.25) is 0 Å². The van der Waals surface area contributed by atoms with Gasteiger partial charge in [-0.2, -0.15) is 0 Å². The molecule has 2 aromatic heterocycles. The zero-order chi connectivity index (χ0) is 18.3. The van der Waals surface area contributed by atoms with Gasteiger partial charge in [0, 0.05) is 23.8 Å². The van der Waals surface area contributed by atoms with Gasteiger partial charge in [-0.15, -0.1) is 0 Å². The van der Waals surface area contributed by atoms with E-state index in [1.807, 2.05) is 30.5 Å². The highest BCUT2D eigenvalue weighted by Crippen LogP contribution is 2.29. The van der Waals surface area contributed by atoms with E-state index < -0.39 is 0 Å². The Labute approximate surface area is 151 Å². The molecular weight excluding hydrogens is 330 g/mol. The lowest BCUT2D eigenvalue weighted by Crippen LogP contribution is -2.33. The molecule has 0 fully saturated rings. The normalized spacial score (nSPS) is 16.7. The van der Waals surface area contributed by atoms with Gasteiger partial charge in [-0.3, -0.25) is 9.20 Å². The van der Waals surface area contributed by atoms with E-state index >= 15 is 0 Å². The predicted octanol–water partition coefficient (Wildman–Crippen LogP) is 3.00. The largest absolute Gasteiger partial charge is 0.494 e. The quantitative estimate of drug-likeness (QED) is 0.781. The highest BCUT2D eigenvalue weighted by atomic mass is 16.5. The average molecular weight is 351 g/mol. The molecule has 0 aliphatic carbocycles. The van der Waals surface area contributed by atoms with Crippen LogP contribution in [0.15, 0.2) is 36.7 Å². The number of carbonyl (C=O) groups is 1. The molecule has 3 heterocycles. The van der Waals surface area contributed by atoms with Crippen molar-refractivity contribution >= 4 is 28.4 Å². The van der Waals surface area contributed by atoms with Gasteiger partial charge in [-0.25, -0.2) is 9.97 Å². The first-order valence-electron chi connectivity index (χ1n) is 8.74. The Morgan fingerprint density at radius 1 is 1.38 bits per heavy atom. The van der Waals surface area contributed by atoms with Crippen molar-refractivity contribution in [2.75, 3.05) is 12.8 Å². The minimum atomic E-state index is -0.114. The first-order valence-corrected chi connectivity index (χ1v) is 8.74. The SMILES string of the molecule is CCC[C@H]1CC=CN1C(=O)c1cn2c(N)nc3c(OC)cccc3c2n1. The average Bonchev–Trinajstić information content (AvgIpc) is 3.29. The van der Waals surface area contributed by atoms with Crippen LogP contribution in [0.3, 0.4) is 0 Å². The lowest BCUT2D eigenvalue weighted by atomic mass is 10.1. The fourth-order valence-electron chi connectivity index (χ4n) is 3.52. The summed E-state index contributed by atoms with van der Waals surface area (Å²) >= 11 is 0. The number of imidazole rings is 1. The first kappa shape index (κ1) is 16.4. The fourth-order valence-corrected chi connectivity index (χ4v) is 3.52. The van der Waals surface area contributed by atoms with Crippen LogP contribution < -0.4 is 10.5 Å². The Morgan fingerprint density at radius 3 is 3.00 bits per heavy atom. The van der Waals surface area contributed by atoms with Crippen LogP contribution in [0.25, 0.3) is 16.6 Å². The monoisotopic (exact) mass is 351 g/mol. The Bertz CT molecular complexity index is 1020. The summed E-state index contributed by atoms with van der Waals surface area (Å²) < 4.78 is 7.02. The zero-order valence-corrected chi connectivity index (χ0v) is 14.8. The van der Waals surface area contributed by atoms with E-state index in [1.54, 1.807) is 22.6 Å². The third-order valence-corrected chi connectivity index (χ3v) is 4.78. The van der Waals surface area contributed by atoms with Gasteiger partial charge in [-0.1, -0.05) is 25.5 Å². The Morgan fingerprint density at radius 2 is 2.23 bits per heavy atom. The molecule has 0 radical (unpaired) electrons. The lowest BCUT2D eigenvalue weighted by Gasteiger charge is -2.22. The number of hydrogen-bond donors (Lipinski definition) is 1. The molecule has 7 heteroatoms. The zero-order valence-electron chi connectivity index (χ0n) is 14.8. The standard InChI is InChI=1S/C19H21N5O2/c1-3-6-12-7-5-10-23(12)18(25)14-11-24-17(21-14)13-8-4-9-15(26-2)16(13)22-19(24)20/h4-5,8-12H,3,6-7H2,1-2H3,(H2,20,22)/t12-/m0/s1. The van der Waals surface area contributed by atoms with Crippen LogP contribution in [-0.4, -0.2) is 38.3 Å². The molecule has 7 nitrogen and oxygen atoms in total. The number of benzene rings is 1. The molecule has 1 aliphatic rings. The summed E-state index contributed by atoms with van der Waals surface area (Å²) in [5.41, 5.74) is 7.70. The van der Waals surface area contributed by atoms with Gasteiger partial charge < -0.3 is 15.4 Å². The van der Waals surface area contributed by atoms with E-state index in [1.165, 1.54) is 0 Å². The number of ether oxygens (including phenoxy) is 1. The number of amides is 1. The van der Waals surface area contributed by atoms with Crippen LogP contribution >= 0.6 is 0 Å². The summed E-state index contributed by atoms with van der Waals surface area (Å²) in [5, 5.41) is 0.791. The lowest BCUT2D eigenvalue weighted by molar-refractivity contribution is 0.0774. The van der Waals surface area contributed by atoms with Crippen LogP contribution in [0.5, 0.6) is 5.75 Å². The number of nitrogens with zero attached hydrogens (tertiary/aromatic N) is 4. The number of nitrogen functional groups attached to an aromatic ring is 1. The number of carbonyl (C=O) groups excluding carboxylic acids is 1. The first-order chi connectivity index (χ1) is 12.6. The summed E-state index contributed by atoms with van der Waals surface area (Å²) in [5.74, 6) is 0.778. The second-order valence-electron chi connectivity index (χ2n) is 6.42. The molecule has 0 bridgehead atoms. The maximum Gasteiger partial charge on any atom is 0.278 e. The second kappa shape index (κ2) is 6.33. The Kier molecular flexibility index (Phi) is 3.99. The summed E-state index contributed by atoms with van der Waals surface area (Å²) in [7, 11) is 1.59. The summed E-state index contributed by atoms with van der Waals surface area (Å²) in [6.45, 7) is 2.12. The van der Waals surface area contributed by atoms with Gasteiger partial charge in [0.2, 0.25) is 5.95 Å². The number of nitrogens with two attached hydrogens (primary N) is 1. The van der Waals surface area contributed by atoms with Gasteiger partial charge >= 0.3 is 0 Å². The molecule has 1 amide bonds. The number of aromatic nitrogens is 3. The highest BCUT2D eigenvalue weighted by molar-refractivity contribution is 5.99. The van der Waals surface area contributed by atoms with Crippen LogP contribution in [-0.2, 0) is 0 Å². The van der Waals surface area contributed by atoms with Gasteiger partial charge in [-0.05, 0) is 25.0 Å². The van der Waals surface area contributed by atoms with Gasteiger partial charge in [0.15, 0.2) is 0 Å². The molecular formula is C19H21N5O2. The van der Waals surface area contributed by atoms with Crippen molar-refractivity contribution in [2.45, 2.75) is 32.2 Å². The van der Waals surface area contributed by atoms with Crippen molar-refractivity contribution in [1.82, 2.24) is 19.3 Å². The number of methoxy groups -OCH3 is 1.